The average molecular weight is 386 g/mol. The lowest BCUT2D eigenvalue weighted by molar-refractivity contribution is -0.151. The van der Waals surface area contributed by atoms with Crippen molar-refractivity contribution in [2.24, 2.45) is 10.8 Å². The van der Waals surface area contributed by atoms with Crippen LogP contribution in [0.1, 0.15) is 25.0 Å². The Bertz CT molecular complexity index is 798. The van der Waals surface area contributed by atoms with E-state index in [0.717, 1.165) is 18.9 Å². The largest absolute Gasteiger partial charge is 0.481 e. The van der Waals surface area contributed by atoms with Crippen LogP contribution in [0.15, 0.2) is 6.07 Å². The molecule has 3 fully saturated rings. The van der Waals surface area contributed by atoms with E-state index in [1.165, 1.54) is 4.90 Å². The quantitative estimate of drug-likeness (QED) is 0.801. The molecule has 3 aliphatic rings. The summed E-state index contributed by atoms with van der Waals surface area (Å²) in [6.07, 6.45) is -3.08. The number of rotatable bonds is 4. The van der Waals surface area contributed by atoms with E-state index in [1.807, 2.05) is 0 Å². The molecule has 146 valence electrons. The maximum atomic E-state index is 13.3. The molecule has 1 aromatic rings. The average Bonchev–Trinajstić information content (AvgIpc) is 2.95. The van der Waals surface area contributed by atoms with Crippen LogP contribution < -0.4 is 9.80 Å². The molecule has 8 nitrogen and oxygen atoms in total. The number of carboxylic acids is 2. The summed E-state index contributed by atoms with van der Waals surface area (Å²) in [5, 5.41) is 19.0. The molecular weight excluding hydrogens is 369 g/mol. The predicted octanol–water partition coefficient (Wildman–Crippen LogP) is 1.46. The zero-order valence-corrected chi connectivity index (χ0v) is 14.2. The number of carbonyl (C=O) groups is 2. The molecule has 0 amide bonds. The first-order chi connectivity index (χ1) is 12.6. The molecule has 2 N–H and O–H groups in total. The second-order valence-corrected chi connectivity index (χ2v) is 7.41. The monoisotopic (exact) mass is 386 g/mol. The van der Waals surface area contributed by atoms with E-state index in [2.05, 4.69) is 9.97 Å². The molecule has 2 aliphatic heterocycles. The summed E-state index contributed by atoms with van der Waals surface area (Å²) in [5.74, 6) is -2.66. The Labute approximate surface area is 151 Å². The summed E-state index contributed by atoms with van der Waals surface area (Å²) < 4.78 is 39.9. The van der Waals surface area contributed by atoms with Gasteiger partial charge in [-0.05, 0) is 19.3 Å². The van der Waals surface area contributed by atoms with Crippen molar-refractivity contribution >= 4 is 23.7 Å². The number of hydrogen-bond donors (Lipinski definition) is 2. The molecule has 2 saturated heterocycles. The Hall–Kier alpha value is -2.59. The minimum absolute atomic E-state index is 0.0304. The van der Waals surface area contributed by atoms with E-state index < -0.39 is 34.6 Å². The van der Waals surface area contributed by atoms with Crippen LogP contribution in [0, 0.1) is 10.8 Å². The molecule has 0 bridgehead atoms. The van der Waals surface area contributed by atoms with Gasteiger partial charge in [0.2, 0.25) is 5.95 Å². The van der Waals surface area contributed by atoms with E-state index in [0.29, 0.717) is 13.1 Å². The van der Waals surface area contributed by atoms with Gasteiger partial charge in [0.25, 0.3) is 0 Å². The molecule has 0 aromatic carbocycles. The molecule has 0 radical (unpaired) electrons. The lowest BCUT2D eigenvalue weighted by Crippen LogP contribution is -2.31. The van der Waals surface area contributed by atoms with E-state index in [1.54, 1.807) is 4.90 Å². The zero-order chi connectivity index (χ0) is 19.6. The van der Waals surface area contributed by atoms with E-state index in [4.69, 9.17) is 0 Å². The van der Waals surface area contributed by atoms with Gasteiger partial charge in [-0.25, -0.2) is 4.98 Å². The SMILES string of the molecule is O=C(O)[C@@]12CN(c3cc(C(F)(F)F)nc(N4CCCC4)n3)C[C@]1(C(=O)O)C2. The Morgan fingerprint density at radius 3 is 2.04 bits per heavy atom. The number of halogens is 3. The summed E-state index contributed by atoms with van der Waals surface area (Å²) in [6, 6.07) is 0.759. The number of nitrogens with zero attached hydrogens (tertiary/aromatic N) is 4. The van der Waals surface area contributed by atoms with Gasteiger partial charge in [-0.2, -0.15) is 18.2 Å². The van der Waals surface area contributed by atoms with Gasteiger partial charge in [0.05, 0.1) is 0 Å². The molecule has 3 heterocycles. The van der Waals surface area contributed by atoms with Crippen LogP contribution in [0.4, 0.5) is 24.9 Å². The topological polar surface area (TPSA) is 107 Å². The van der Waals surface area contributed by atoms with Gasteiger partial charge in [-0.15, -0.1) is 0 Å². The van der Waals surface area contributed by atoms with Gasteiger partial charge in [0, 0.05) is 32.2 Å². The summed E-state index contributed by atoms with van der Waals surface area (Å²) in [7, 11) is 0. The highest BCUT2D eigenvalue weighted by Crippen LogP contribution is 2.68. The van der Waals surface area contributed by atoms with Gasteiger partial charge in [-0.3, -0.25) is 9.59 Å². The molecule has 1 saturated carbocycles. The van der Waals surface area contributed by atoms with Crippen molar-refractivity contribution in [2.45, 2.75) is 25.4 Å². The van der Waals surface area contributed by atoms with Crippen LogP contribution in [0.25, 0.3) is 0 Å². The summed E-state index contributed by atoms with van der Waals surface area (Å²) >= 11 is 0. The highest BCUT2D eigenvalue weighted by molar-refractivity contribution is 5.95. The third-order valence-electron chi connectivity index (χ3n) is 5.84. The Kier molecular flexibility index (Phi) is 3.60. The smallest absolute Gasteiger partial charge is 0.433 e. The van der Waals surface area contributed by atoms with Gasteiger partial charge in [-0.1, -0.05) is 0 Å². The zero-order valence-electron chi connectivity index (χ0n) is 14.2. The third kappa shape index (κ3) is 2.51. The van der Waals surface area contributed by atoms with Crippen molar-refractivity contribution in [3.8, 4) is 0 Å². The van der Waals surface area contributed by atoms with Crippen LogP contribution >= 0.6 is 0 Å². The minimum Gasteiger partial charge on any atom is -0.481 e. The number of aromatic nitrogens is 2. The fourth-order valence-electron chi connectivity index (χ4n) is 4.24. The first-order valence-electron chi connectivity index (χ1n) is 8.52. The highest BCUT2D eigenvalue weighted by Gasteiger charge is 2.81. The molecule has 4 rings (SSSR count). The molecule has 1 aliphatic carbocycles. The highest BCUT2D eigenvalue weighted by atomic mass is 19.4. The lowest BCUT2D eigenvalue weighted by Gasteiger charge is -2.24. The van der Waals surface area contributed by atoms with E-state index >= 15 is 0 Å². The number of alkyl halides is 3. The number of aliphatic carboxylic acids is 2. The summed E-state index contributed by atoms with van der Waals surface area (Å²) in [4.78, 5) is 34.1. The molecule has 2 atom stereocenters. The maximum Gasteiger partial charge on any atom is 0.433 e. The number of hydrogen-bond acceptors (Lipinski definition) is 6. The van der Waals surface area contributed by atoms with Crippen LogP contribution in [-0.2, 0) is 15.8 Å². The second-order valence-electron chi connectivity index (χ2n) is 7.41. The number of piperidine rings is 1. The Morgan fingerprint density at radius 2 is 1.56 bits per heavy atom. The maximum absolute atomic E-state index is 13.3. The minimum atomic E-state index is -4.69. The number of anilines is 2. The summed E-state index contributed by atoms with van der Waals surface area (Å²) in [5.41, 5.74) is -4.10. The second kappa shape index (κ2) is 5.46. The van der Waals surface area contributed by atoms with Gasteiger partial charge in [0.15, 0.2) is 5.69 Å². The predicted molar refractivity (Wildman–Crippen MR) is 85.4 cm³/mol. The fourth-order valence-corrected chi connectivity index (χ4v) is 4.24. The van der Waals surface area contributed by atoms with Crippen molar-refractivity contribution in [1.82, 2.24) is 9.97 Å². The normalized spacial score (nSPS) is 29.7. The van der Waals surface area contributed by atoms with Crippen molar-refractivity contribution in [3.63, 3.8) is 0 Å². The van der Waals surface area contributed by atoms with E-state index in [9.17, 15) is 33.0 Å². The van der Waals surface area contributed by atoms with Crippen molar-refractivity contribution in [3.05, 3.63) is 11.8 Å². The van der Waals surface area contributed by atoms with Crippen LogP contribution in [-0.4, -0.2) is 58.3 Å². The van der Waals surface area contributed by atoms with Crippen LogP contribution in [0.2, 0.25) is 0 Å². The molecule has 0 spiro atoms. The Morgan fingerprint density at radius 1 is 1.00 bits per heavy atom. The number of fused-ring (bicyclic) bond motifs is 1. The third-order valence-corrected chi connectivity index (χ3v) is 5.84. The molecule has 0 unspecified atom stereocenters. The molecule has 1 aromatic heterocycles. The standard InChI is InChI=1S/C16H17F3N4O4/c17-16(18,19)9-5-10(21-13(20-9)22-3-1-2-4-22)23-7-14(11(24)25)6-15(14,8-23)12(26)27/h5H,1-4,6-8H2,(H,24,25)(H,26,27)/t14-,15+. The van der Waals surface area contributed by atoms with Crippen molar-refractivity contribution in [1.29, 1.82) is 0 Å². The molecular formula is C16H17F3N4O4. The fraction of sp³-hybridized carbons (Fsp3) is 0.625. The van der Waals surface area contributed by atoms with Crippen molar-refractivity contribution in [2.75, 3.05) is 36.0 Å². The first kappa shape index (κ1) is 17.8. The van der Waals surface area contributed by atoms with Crippen molar-refractivity contribution < 1.29 is 33.0 Å². The van der Waals surface area contributed by atoms with Crippen LogP contribution in [0.3, 0.4) is 0 Å². The molecule has 27 heavy (non-hydrogen) atoms. The van der Waals surface area contributed by atoms with Gasteiger partial charge in [0.1, 0.15) is 16.6 Å². The first-order valence-corrected chi connectivity index (χ1v) is 8.52. The van der Waals surface area contributed by atoms with Gasteiger partial charge >= 0.3 is 18.1 Å². The number of carboxylic acid groups (broad SMARTS) is 2. The van der Waals surface area contributed by atoms with E-state index in [-0.39, 0.29) is 31.3 Å². The molecule has 11 heteroatoms. The Balaban J connectivity index is 1.73. The summed E-state index contributed by atoms with van der Waals surface area (Å²) in [6.45, 7) is 0.697. The lowest BCUT2D eigenvalue weighted by atomic mass is 9.97. The van der Waals surface area contributed by atoms with Crippen LogP contribution in [0.5, 0.6) is 0 Å². The van der Waals surface area contributed by atoms with Gasteiger partial charge < -0.3 is 20.0 Å².